The molecule has 3 N–H and O–H groups in total. The molecule has 1 heterocycles. The van der Waals surface area contributed by atoms with E-state index in [0.29, 0.717) is 23.2 Å². The van der Waals surface area contributed by atoms with E-state index in [-0.39, 0.29) is 11.5 Å². The molecule has 4 aliphatic carbocycles. The number of rotatable bonds is 7. The number of aliphatic hydroxyl groups excluding tert-OH is 3. The molecule has 1 saturated heterocycles. The van der Waals surface area contributed by atoms with Crippen LogP contribution >= 0.6 is 0 Å². The summed E-state index contributed by atoms with van der Waals surface area (Å²) < 4.78 is 12.0. The van der Waals surface area contributed by atoms with Gasteiger partial charge in [0.25, 0.3) is 0 Å². The van der Waals surface area contributed by atoms with Crippen LogP contribution in [0.3, 0.4) is 0 Å². The average Bonchev–Trinajstić information content (AvgIpc) is 3.28. The molecule has 1 aliphatic heterocycles. The summed E-state index contributed by atoms with van der Waals surface area (Å²) in [6, 6.07) is 0. The summed E-state index contributed by atoms with van der Waals surface area (Å²) in [6.07, 6.45) is 13.4. The molecule has 5 heteroatoms. The minimum absolute atomic E-state index is 0.121. The van der Waals surface area contributed by atoms with Crippen molar-refractivity contribution < 1.29 is 24.8 Å². The van der Waals surface area contributed by atoms with Crippen molar-refractivity contribution in [3.05, 3.63) is 23.8 Å². The lowest BCUT2D eigenvalue weighted by Crippen LogP contribution is -2.58. The van der Waals surface area contributed by atoms with Crippen LogP contribution in [0, 0.1) is 52.3 Å². The zero-order chi connectivity index (χ0) is 29.0. The van der Waals surface area contributed by atoms with Crippen molar-refractivity contribution in [2.24, 2.45) is 52.3 Å². The normalized spacial score (nSPS) is 48.8. The molecule has 40 heavy (non-hydrogen) atoms. The Morgan fingerprint density at radius 1 is 0.950 bits per heavy atom. The monoisotopic (exact) mass is 558 g/mol. The lowest BCUT2D eigenvalue weighted by Gasteiger charge is -2.59. The summed E-state index contributed by atoms with van der Waals surface area (Å²) in [4.78, 5) is 0. The molecule has 4 fully saturated rings. The third kappa shape index (κ3) is 5.29. The zero-order valence-electron chi connectivity index (χ0n) is 26.3. The number of hydrogen-bond donors (Lipinski definition) is 3. The summed E-state index contributed by atoms with van der Waals surface area (Å²) in [5, 5.41) is 30.8. The van der Waals surface area contributed by atoms with Crippen LogP contribution in [0.15, 0.2) is 23.8 Å². The number of aliphatic hydroxyl groups is 3. The molecule has 0 aromatic rings. The maximum Gasteiger partial charge on any atom is 0.187 e. The van der Waals surface area contributed by atoms with E-state index >= 15 is 0 Å². The lowest BCUT2D eigenvalue weighted by atomic mass is 9.46. The fraction of sp³-hybridized carbons (Fsp3) is 0.886. The molecule has 3 saturated carbocycles. The highest BCUT2D eigenvalue weighted by atomic mass is 16.7. The third-order valence-corrected chi connectivity index (χ3v) is 12.9. The van der Waals surface area contributed by atoms with E-state index in [1.165, 1.54) is 44.1 Å². The SMILES string of the molecule is CC[C@H](/C=C/[C@@H](C)C1CC[C@H]2[C@@H]3CCC4=C[C@@H](O[C@@H]5O[C@@H](C)[C@H](O)[C@@H](O)[C@H]5O)CC[C@]4(C)[C@H]3CC[C@]12C)C(C)C. The first kappa shape index (κ1) is 30.7. The summed E-state index contributed by atoms with van der Waals surface area (Å²) in [5.74, 6) is 5.26. The topological polar surface area (TPSA) is 79.2 Å². The van der Waals surface area contributed by atoms with Crippen molar-refractivity contribution in [3.8, 4) is 0 Å². The van der Waals surface area contributed by atoms with Crippen molar-refractivity contribution in [3.63, 3.8) is 0 Å². The van der Waals surface area contributed by atoms with Gasteiger partial charge in [-0.2, -0.15) is 0 Å². The predicted octanol–water partition coefficient (Wildman–Crippen LogP) is 6.65. The van der Waals surface area contributed by atoms with E-state index in [9.17, 15) is 15.3 Å². The molecule has 228 valence electrons. The summed E-state index contributed by atoms with van der Waals surface area (Å²) in [5.41, 5.74) is 2.23. The smallest absolute Gasteiger partial charge is 0.187 e. The Labute approximate surface area is 243 Å². The Balaban J connectivity index is 1.27. The van der Waals surface area contributed by atoms with Gasteiger partial charge in [-0.05, 0) is 117 Å². The van der Waals surface area contributed by atoms with Crippen LogP contribution in [0.1, 0.15) is 106 Å². The first-order valence-electron chi connectivity index (χ1n) is 16.6. The van der Waals surface area contributed by atoms with Crippen LogP contribution in [0.25, 0.3) is 0 Å². The second kappa shape index (κ2) is 11.8. The zero-order valence-corrected chi connectivity index (χ0v) is 26.3. The van der Waals surface area contributed by atoms with Gasteiger partial charge in [-0.25, -0.2) is 0 Å². The van der Waals surface area contributed by atoms with Crippen molar-refractivity contribution in [2.75, 3.05) is 0 Å². The van der Waals surface area contributed by atoms with E-state index in [1.54, 1.807) is 6.92 Å². The highest BCUT2D eigenvalue weighted by molar-refractivity contribution is 5.26. The van der Waals surface area contributed by atoms with Gasteiger partial charge in [0.05, 0.1) is 12.2 Å². The third-order valence-electron chi connectivity index (χ3n) is 12.9. The number of allylic oxidation sites excluding steroid dienone is 3. The highest BCUT2D eigenvalue weighted by Crippen LogP contribution is 2.67. The minimum Gasteiger partial charge on any atom is -0.388 e. The Kier molecular flexibility index (Phi) is 9.03. The van der Waals surface area contributed by atoms with Gasteiger partial charge in [0, 0.05) is 0 Å². The van der Waals surface area contributed by atoms with E-state index < -0.39 is 30.7 Å². The van der Waals surface area contributed by atoms with E-state index in [4.69, 9.17) is 9.47 Å². The Bertz CT molecular complexity index is 944. The molecule has 5 nitrogen and oxygen atoms in total. The standard InChI is InChI=1S/C35H58O5/c1-8-23(20(2)3)10-9-21(4)27-13-14-28-26-12-11-24-19-25(40-33-32(38)31(37)30(36)22(5)39-33)15-17-34(24,6)29(26)16-18-35(27,28)7/h9-10,19-23,25-33,36-38H,8,11-18H2,1-7H3/b10-9+/t21-,22+,23-,25+,26+,27?,28+,29+,30+,31-,32-,33+,34+,35-/m1/s1. The first-order chi connectivity index (χ1) is 18.9. The molecule has 0 radical (unpaired) electrons. The van der Waals surface area contributed by atoms with Gasteiger partial charge < -0.3 is 24.8 Å². The van der Waals surface area contributed by atoms with Gasteiger partial charge >= 0.3 is 0 Å². The fourth-order valence-electron chi connectivity index (χ4n) is 10.3. The predicted molar refractivity (Wildman–Crippen MR) is 159 cm³/mol. The summed E-state index contributed by atoms with van der Waals surface area (Å²) in [7, 11) is 0. The van der Waals surface area contributed by atoms with Gasteiger partial charge in [-0.3, -0.25) is 0 Å². The minimum atomic E-state index is -1.25. The van der Waals surface area contributed by atoms with Gasteiger partial charge in [0.1, 0.15) is 18.3 Å². The molecular formula is C35H58O5. The maximum absolute atomic E-state index is 10.5. The van der Waals surface area contributed by atoms with Gasteiger partial charge in [-0.15, -0.1) is 0 Å². The van der Waals surface area contributed by atoms with Crippen LogP contribution in [0.2, 0.25) is 0 Å². The molecular weight excluding hydrogens is 500 g/mol. The van der Waals surface area contributed by atoms with Crippen molar-refractivity contribution >= 4 is 0 Å². The summed E-state index contributed by atoms with van der Waals surface area (Å²) in [6.45, 7) is 16.4. The first-order valence-corrected chi connectivity index (χ1v) is 16.6. The average molecular weight is 559 g/mol. The van der Waals surface area contributed by atoms with E-state index in [0.717, 1.165) is 42.9 Å². The van der Waals surface area contributed by atoms with Gasteiger partial charge in [0.15, 0.2) is 6.29 Å². The van der Waals surface area contributed by atoms with Crippen LogP contribution in [-0.4, -0.2) is 52.1 Å². The van der Waals surface area contributed by atoms with E-state index in [1.807, 2.05) is 0 Å². The van der Waals surface area contributed by atoms with Crippen LogP contribution in [0.5, 0.6) is 0 Å². The van der Waals surface area contributed by atoms with Crippen LogP contribution in [-0.2, 0) is 9.47 Å². The second-order valence-corrected chi connectivity index (χ2v) is 15.2. The highest BCUT2D eigenvalue weighted by Gasteiger charge is 2.59. The molecule has 5 rings (SSSR count). The van der Waals surface area contributed by atoms with Gasteiger partial charge in [-0.1, -0.05) is 65.3 Å². The molecule has 14 atom stereocenters. The maximum atomic E-state index is 10.5. The lowest BCUT2D eigenvalue weighted by molar-refractivity contribution is -0.301. The molecule has 5 aliphatic rings. The van der Waals surface area contributed by atoms with E-state index in [2.05, 4.69) is 59.8 Å². The molecule has 0 aromatic carbocycles. The second-order valence-electron chi connectivity index (χ2n) is 15.2. The summed E-state index contributed by atoms with van der Waals surface area (Å²) >= 11 is 0. The van der Waals surface area contributed by atoms with Crippen molar-refractivity contribution in [2.45, 2.75) is 143 Å². The molecule has 0 aromatic heterocycles. The van der Waals surface area contributed by atoms with Crippen molar-refractivity contribution in [1.29, 1.82) is 0 Å². The Morgan fingerprint density at radius 3 is 2.40 bits per heavy atom. The van der Waals surface area contributed by atoms with Gasteiger partial charge in [0.2, 0.25) is 0 Å². The van der Waals surface area contributed by atoms with Crippen molar-refractivity contribution in [1.82, 2.24) is 0 Å². The Morgan fingerprint density at radius 2 is 1.70 bits per heavy atom. The number of hydrogen-bond acceptors (Lipinski definition) is 5. The van der Waals surface area contributed by atoms with Crippen LogP contribution in [0.4, 0.5) is 0 Å². The van der Waals surface area contributed by atoms with Crippen LogP contribution < -0.4 is 0 Å². The molecule has 1 unspecified atom stereocenters. The molecule has 0 spiro atoms. The fourth-order valence-corrected chi connectivity index (χ4v) is 10.3. The molecule has 0 bridgehead atoms. The number of fused-ring (bicyclic) bond motifs is 5. The Hall–Kier alpha value is -0.720. The quantitative estimate of drug-likeness (QED) is 0.305. The molecule has 0 amide bonds. The largest absolute Gasteiger partial charge is 0.388 e. The number of ether oxygens (including phenoxy) is 2.